The molecule has 6 nitrogen and oxygen atoms in total. The van der Waals surface area contributed by atoms with E-state index in [4.69, 9.17) is 14.3 Å². The molecule has 0 aromatic heterocycles. The van der Waals surface area contributed by atoms with Crippen molar-refractivity contribution in [2.45, 2.75) is 51.4 Å². The summed E-state index contributed by atoms with van der Waals surface area (Å²) in [6.07, 6.45) is 0.317. The van der Waals surface area contributed by atoms with Crippen molar-refractivity contribution in [1.29, 1.82) is 0 Å². The molecule has 0 heterocycles. The van der Waals surface area contributed by atoms with Gasteiger partial charge in [0.25, 0.3) is 6.03 Å². The van der Waals surface area contributed by atoms with Crippen LogP contribution in [0.2, 0.25) is 18.1 Å². The normalized spacial score (nSPS) is 15.8. The fraction of sp³-hybridized carbons (Fsp3) is 1.00. The first kappa shape index (κ1) is 18.2. The van der Waals surface area contributed by atoms with Crippen LogP contribution in [0.5, 0.6) is 0 Å². The lowest BCUT2D eigenvalue weighted by Gasteiger charge is -2.38. The van der Waals surface area contributed by atoms with E-state index in [9.17, 15) is 14.4 Å². The molecule has 0 aliphatic carbocycles. The third-order valence-electron chi connectivity index (χ3n) is 3.04. The van der Waals surface area contributed by atoms with E-state index in [1.807, 2.05) is 33.9 Å². The van der Waals surface area contributed by atoms with Crippen LogP contribution in [-0.2, 0) is 13.7 Å². The second-order valence-corrected chi connectivity index (χ2v) is 12.1. The van der Waals surface area contributed by atoms with Crippen molar-refractivity contribution in [3.05, 3.63) is 0 Å². The first-order valence-corrected chi connectivity index (χ1v) is 10.5. The Kier molecular flexibility index (Phi) is 6.70. The third-order valence-corrected chi connectivity index (χ3v) is 8.46. The summed E-state index contributed by atoms with van der Waals surface area (Å²) in [6.45, 7) is 9.68. The Labute approximate surface area is 110 Å². The van der Waals surface area contributed by atoms with Gasteiger partial charge in [-0.1, -0.05) is 20.8 Å². The van der Waals surface area contributed by atoms with Gasteiger partial charge < -0.3 is 24.1 Å². The minimum atomic E-state index is -4.47. The van der Waals surface area contributed by atoms with E-state index in [2.05, 4.69) is 0 Å². The highest BCUT2D eigenvalue weighted by Crippen LogP contribution is 2.47. The molecule has 0 rings (SSSR count). The molecule has 0 saturated carbocycles. The summed E-state index contributed by atoms with van der Waals surface area (Å²) >= 11 is 0. The molecule has 0 aliphatic heterocycles. The molecule has 0 amide bonds. The van der Waals surface area contributed by atoms with Gasteiger partial charge in [-0.15, -0.1) is 0 Å². The van der Waals surface area contributed by atoms with Crippen LogP contribution in [0.4, 0.5) is 0 Å². The molecule has 0 aromatic carbocycles. The van der Waals surface area contributed by atoms with Gasteiger partial charge in [-0.05, 0) is 24.6 Å². The standard InChI is InChI=1S/C10H25O6PSi/c1-10(2,3)18(4,5)16-9(17(12,13)14)15-8-6-7-11/h9,11H,6-8H2,1-5H3,(H2,12,13,14). The molecule has 0 aromatic rings. The van der Waals surface area contributed by atoms with E-state index in [1.54, 1.807) is 0 Å². The number of hydrogen-bond acceptors (Lipinski definition) is 4. The van der Waals surface area contributed by atoms with E-state index in [0.717, 1.165) is 0 Å². The lowest BCUT2D eigenvalue weighted by atomic mass is 10.2. The van der Waals surface area contributed by atoms with Crippen molar-refractivity contribution in [2.24, 2.45) is 0 Å². The molecule has 0 radical (unpaired) electrons. The third kappa shape index (κ3) is 5.93. The maximum absolute atomic E-state index is 11.3. The van der Waals surface area contributed by atoms with Crippen LogP contribution < -0.4 is 0 Å². The zero-order valence-corrected chi connectivity index (χ0v) is 13.6. The average Bonchev–Trinajstić information content (AvgIpc) is 2.13. The Morgan fingerprint density at radius 2 is 1.78 bits per heavy atom. The van der Waals surface area contributed by atoms with Crippen LogP contribution in [0.1, 0.15) is 27.2 Å². The average molecular weight is 300 g/mol. The summed E-state index contributed by atoms with van der Waals surface area (Å²) in [5, 5.41) is 8.47. The monoisotopic (exact) mass is 300 g/mol. The van der Waals surface area contributed by atoms with Crippen molar-refractivity contribution < 1.29 is 28.6 Å². The van der Waals surface area contributed by atoms with Gasteiger partial charge in [-0.2, -0.15) is 0 Å². The minimum absolute atomic E-state index is 0.0564. The fourth-order valence-electron chi connectivity index (χ4n) is 0.877. The molecule has 8 heteroatoms. The first-order valence-electron chi connectivity index (χ1n) is 5.87. The molecule has 1 unspecified atom stereocenters. The summed E-state index contributed by atoms with van der Waals surface area (Å²) in [7, 11) is -6.79. The minimum Gasteiger partial charge on any atom is -0.396 e. The Bertz CT molecular complexity index is 295. The van der Waals surface area contributed by atoms with Crippen LogP contribution in [0, 0.1) is 0 Å². The second-order valence-electron chi connectivity index (χ2n) is 5.72. The molecule has 0 fully saturated rings. The molecule has 1 atom stereocenters. The molecule has 0 aliphatic rings. The Morgan fingerprint density at radius 3 is 2.11 bits per heavy atom. The number of rotatable bonds is 7. The molecular formula is C10H25O6PSi. The largest absolute Gasteiger partial charge is 0.396 e. The van der Waals surface area contributed by atoms with E-state index >= 15 is 0 Å². The highest BCUT2D eigenvalue weighted by molar-refractivity contribution is 7.52. The molecule has 18 heavy (non-hydrogen) atoms. The van der Waals surface area contributed by atoms with Gasteiger partial charge in [0.05, 0.1) is 6.61 Å². The van der Waals surface area contributed by atoms with Crippen LogP contribution in [0.15, 0.2) is 0 Å². The van der Waals surface area contributed by atoms with Gasteiger partial charge in [0.15, 0.2) is 8.32 Å². The lowest BCUT2D eigenvalue weighted by molar-refractivity contribution is -0.0492. The lowest BCUT2D eigenvalue weighted by Crippen LogP contribution is -2.44. The molecule has 3 N–H and O–H groups in total. The first-order chi connectivity index (χ1) is 7.92. The van der Waals surface area contributed by atoms with Crippen LogP contribution >= 0.6 is 7.60 Å². The van der Waals surface area contributed by atoms with E-state index in [-0.39, 0.29) is 18.3 Å². The van der Waals surface area contributed by atoms with Gasteiger partial charge in [-0.3, -0.25) is 4.57 Å². The topological polar surface area (TPSA) is 96.2 Å². The highest BCUT2D eigenvalue weighted by Gasteiger charge is 2.44. The van der Waals surface area contributed by atoms with Gasteiger partial charge >= 0.3 is 7.60 Å². The zero-order chi connectivity index (χ0) is 14.6. The summed E-state index contributed by atoms with van der Waals surface area (Å²) in [5.74, 6) is 0. The maximum Gasteiger partial charge on any atom is 0.380 e. The number of aliphatic hydroxyl groups is 1. The van der Waals surface area contributed by atoms with Crippen molar-refractivity contribution in [3.63, 3.8) is 0 Å². The zero-order valence-electron chi connectivity index (χ0n) is 11.7. The number of ether oxygens (including phenoxy) is 1. The smallest absolute Gasteiger partial charge is 0.380 e. The summed E-state index contributed by atoms with van der Waals surface area (Å²) in [5.41, 5.74) is 0. The predicted molar refractivity (Wildman–Crippen MR) is 71.8 cm³/mol. The predicted octanol–water partition coefficient (Wildman–Crippen LogP) is 1.87. The number of hydrogen-bond donors (Lipinski definition) is 3. The molecule has 0 bridgehead atoms. The molecule has 0 saturated heterocycles. The molecule has 110 valence electrons. The van der Waals surface area contributed by atoms with Crippen molar-refractivity contribution in [3.8, 4) is 0 Å². The van der Waals surface area contributed by atoms with Gasteiger partial charge in [0.2, 0.25) is 0 Å². The van der Waals surface area contributed by atoms with Gasteiger partial charge in [0.1, 0.15) is 0 Å². The van der Waals surface area contributed by atoms with Crippen LogP contribution in [0.3, 0.4) is 0 Å². The quantitative estimate of drug-likeness (QED) is 0.287. The summed E-state index contributed by atoms with van der Waals surface area (Å²) < 4.78 is 22.0. The summed E-state index contributed by atoms with van der Waals surface area (Å²) in [6, 6.07) is -1.54. The van der Waals surface area contributed by atoms with E-state index in [1.165, 1.54) is 0 Å². The van der Waals surface area contributed by atoms with Crippen molar-refractivity contribution in [1.82, 2.24) is 0 Å². The Morgan fingerprint density at radius 1 is 1.28 bits per heavy atom. The number of aliphatic hydroxyl groups excluding tert-OH is 1. The maximum atomic E-state index is 11.3. The van der Waals surface area contributed by atoms with Crippen molar-refractivity contribution >= 4 is 15.9 Å². The van der Waals surface area contributed by atoms with Crippen LogP contribution in [0.25, 0.3) is 0 Å². The van der Waals surface area contributed by atoms with Gasteiger partial charge in [-0.25, -0.2) is 0 Å². The molecule has 0 spiro atoms. The Balaban J connectivity index is 4.75. The molecular weight excluding hydrogens is 275 g/mol. The van der Waals surface area contributed by atoms with E-state index < -0.39 is 21.9 Å². The fourth-order valence-corrected chi connectivity index (χ4v) is 3.44. The Hall–Kier alpha value is 0.247. The second kappa shape index (κ2) is 6.61. The summed E-state index contributed by atoms with van der Waals surface area (Å²) in [4.78, 5) is 18.5. The highest BCUT2D eigenvalue weighted by atomic mass is 31.2. The van der Waals surface area contributed by atoms with Gasteiger partial charge in [0, 0.05) is 6.61 Å². The van der Waals surface area contributed by atoms with E-state index in [0.29, 0.717) is 6.42 Å². The van der Waals surface area contributed by atoms with Crippen LogP contribution in [-0.4, -0.2) is 42.5 Å². The van der Waals surface area contributed by atoms with Crippen molar-refractivity contribution in [2.75, 3.05) is 13.2 Å². The SMILES string of the molecule is CC(C)(C)[Si](C)(C)OC(OCCCO)P(=O)(O)O.